The molecular formula is C47H34N4O. The molecule has 0 fully saturated rings. The summed E-state index contributed by atoms with van der Waals surface area (Å²) < 4.78 is 0. The van der Waals surface area contributed by atoms with Crippen LogP contribution in [0.1, 0.15) is 38.7 Å². The molecule has 0 bridgehead atoms. The van der Waals surface area contributed by atoms with Gasteiger partial charge in [0, 0.05) is 33.4 Å². The summed E-state index contributed by atoms with van der Waals surface area (Å²) in [6, 6.07) is 56.0. The summed E-state index contributed by atoms with van der Waals surface area (Å²) in [5.41, 5.74) is 10.8. The molecule has 0 unspecified atom stereocenters. The van der Waals surface area contributed by atoms with Crippen molar-refractivity contribution in [3.8, 4) is 45.0 Å². The number of rotatable bonds is 10. The van der Waals surface area contributed by atoms with Gasteiger partial charge in [-0.2, -0.15) is 0 Å². The van der Waals surface area contributed by atoms with E-state index in [4.69, 9.17) is 9.97 Å². The minimum Gasteiger partial charge on any atom is -0.338 e. The first-order chi connectivity index (χ1) is 25.7. The molecule has 2 heterocycles. The number of aromatic nitrogens is 4. The lowest BCUT2D eigenvalue weighted by Gasteiger charge is -2.07. The number of hydrogen-bond donors (Lipinski definition) is 2. The van der Waals surface area contributed by atoms with Crippen molar-refractivity contribution in [1.29, 1.82) is 0 Å². The molecule has 0 radical (unpaired) electrons. The molecule has 0 amide bonds. The Morgan fingerprint density at radius 1 is 0.385 bits per heavy atom. The molecule has 248 valence electrons. The van der Waals surface area contributed by atoms with Crippen molar-refractivity contribution in [2.75, 3.05) is 0 Å². The van der Waals surface area contributed by atoms with E-state index in [1.807, 2.05) is 146 Å². The highest BCUT2D eigenvalue weighted by Gasteiger charge is 2.17. The summed E-state index contributed by atoms with van der Waals surface area (Å²) in [6.45, 7) is 0. The quantitative estimate of drug-likeness (QED) is 0.142. The zero-order chi connectivity index (χ0) is 35.1. The van der Waals surface area contributed by atoms with Crippen molar-refractivity contribution in [1.82, 2.24) is 19.9 Å². The summed E-state index contributed by atoms with van der Waals surface area (Å²) in [7, 11) is 0. The highest BCUT2D eigenvalue weighted by atomic mass is 16.1. The van der Waals surface area contributed by atoms with Gasteiger partial charge in [0.15, 0.2) is 5.78 Å². The second-order valence-corrected chi connectivity index (χ2v) is 12.4. The average Bonchev–Trinajstić information content (AvgIpc) is 3.86. The van der Waals surface area contributed by atoms with E-state index in [-0.39, 0.29) is 5.78 Å². The van der Waals surface area contributed by atoms with Crippen LogP contribution in [0.4, 0.5) is 0 Å². The summed E-state index contributed by atoms with van der Waals surface area (Å²) in [6.07, 6.45) is 8.06. The standard InChI is InChI=1S/C47H34N4O/c52-47(39-27-23-37(24-28-39)45-43(35-17-9-3-10-18-35)48-41(50-45)31-21-33-13-5-1-6-14-33)40-29-25-38(26-30-40)46-44(36-19-11-4-12-20-36)49-42(51-46)32-22-34-15-7-2-8-16-34/h1-32H,(H,48,50)(H,49,51). The fraction of sp³-hybridized carbons (Fsp3) is 0. The second kappa shape index (κ2) is 14.8. The van der Waals surface area contributed by atoms with Gasteiger partial charge in [-0.05, 0) is 23.3 Å². The van der Waals surface area contributed by atoms with Crippen LogP contribution in [-0.2, 0) is 0 Å². The summed E-state index contributed by atoms with van der Waals surface area (Å²) in [4.78, 5) is 30.6. The third kappa shape index (κ3) is 7.11. The third-order valence-corrected chi connectivity index (χ3v) is 8.88. The van der Waals surface area contributed by atoms with E-state index in [1.54, 1.807) is 0 Å². The third-order valence-electron chi connectivity index (χ3n) is 8.88. The number of benzene rings is 6. The van der Waals surface area contributed by atoms with Gasteiger partial charge in [0.25, 0.3) is 0 Å². The van der Waals surface area contributed by atoms with Crippen LogP contribution in [-0.4, -0.2) is 25.7 Å². The molecule has 8 rings (SSSR count). The Hall–Kier alpha value is -7.11. The van der Waals surface area contributed by atoms with E-state index in [2.05, 4.69) is 58.5 Å². The topological polar surface area (TPSA) is 74.4 Å². The van der Waals surface area contributed by atoms with E-state index in [0.717, 1.165) is 67.8 Å². The van der Waals surface area contributed by atoms with Gasteiger partial charge in [-0.3, -0.25) is 4.79 Å². The van der Waals surface area contributed by atoms with Crippen LogP contribution >= 0.6 is 0 Å². The van der Waals surface area contributed by atoms with Gasteiger partial charge in [-0.15, -0.1) is 0 Å². The van der Waals surface area contributed by atoms with Crippen molar-refractivity contribution >= 4 is 30.1 Å². The molecule has 0 spiro atoms. The molecule has 6 aromatic carbocycles. The molecule has 0 aliphatic carbocycles. The Balaban J connectivity index is 1.05. The first-order valence-corrected chi connectivity index (χ1v) is 17.2. The Bertz CT molecular complexity index is 2300. The smallest absolute Gasteiger partial charge is 0.193 e. The van der Waals surface area contributed by atoms with Crippen LogP contribution in [0.25, 0.3) is 69.3 Å². The molecule has 2 aromatic heterocycles. The molecule has 5 nitrogen and oxygen atoms in total. The minimum absolute atomic E-state index is 0.0470. The maximum absolute atomic E-state index is 13.7. The number of nitrogens with zero attached hydrogens (tertiary/aromatic N) is 2. The summed E-state index contributed by atoms with van der Waals surface area (Å²) >= 11 is 0. The van der Waals surface area contributed by atoms with Crippen LogP contribution in [0, 0.1) is 0 Å². The molecule has 0 saturated carbocycles. The first-order valence-electron chi connectivity index (χ1n) is 17.2. The molecule has 8 aromatic rings. The Labute approximate surface area is 302 Å². The van der Waals surface area contributed by atoms with Gasteiger partial charge in [0.05, 0.1) is 22.8 Å². The van der Waals surface area contributed by atoms with E-state index in [1.165, 1.54) is 0 Å². The number of aromatic amines is 2. The number of hydrogen-bond acceptors (Lipinski definition) is 3. The van der Waals surface area contributed by atoms with E-state index in [9.17, 15) is 4.79 Å². The van der Waals surface area contributed by atoms with Gasteiger partial charge in [0.1, 0.15) is 11.6 Å². The molecule has 52 heavy (non-hydrogen) atoms. The average molecular weight is 671 g/mol. The number of carbonyl (C=O) groups excluding carboxylic acids is 1. The number of ketones is 1. The zero-order valence-corrected chi connectivity index (χ0v) is 28.3. The minimum atomic E-state index is -0.0470. The predicted octanol–water partition coefficient (Wildman–Crippen LogP) is 11.4. The van der Waals surface area contributed by atoms with Crippen molar-refractivity contribution in [2.45, 2.75) is 0 Å². The summed E-state index contributed by atoms with van der Waals surface area (Å²) in [5.74, 6) is 1.46. The van der Waals surface area contributed by atoms with E-state index < -0.39 is 0 Å². The lowest BCUT2D eigenvalue weighted by atomic mass is 9.98. The lowest BCUT2D eigenvalue weighted by Crippen LogP contribution is -2.01. The second-order valence-electron chi connectivity index (χ2n) is 12.4. The van der Waals surface area contributed by atoms with Crippen molar-refractivity contribution in [3.63, 3.8) is 0 Å². The highest BCUT2D eigenvalue weighted by Crippen LogP contribution is 2.33. The monoisotopic (exact) mass is 670 g/mol. The molecule has 0 atom stereocenters. The largest absolute Gasteiger partial charge is 0.338 e. The van der Waals surface area contributed by atoms with Crippen LogP contribution in [0.2, 0.25) is 0 Å². The molecule has 5 heteroatoms. The number of nitrogens with one attached hydrogen (secondary N) is 2. The van der Waals surface area contributed by atoms with Gasteiger partial charge in [-0.1, -0.05) is 182 Å². The first kappa shape index (κ1) is 32.1. The van der Waals surface area contributed by atoms with E-state index in [0.29, 0.717) is 11.1 Å². The Morgan fingerprint density at radius 2 is 0.731 bits per heavy atom. The van der Waals surface area contributed by atoms with Crippen molar-refractivity contribution in [3.05, 3.63) is 204 Å². The number of carbonyl (C=O) groups is 1. The highest BCUT2D eigenvalue weighted by molar-refractivity contribution is 6.09. The van der Waals surface area contributed by atoms with Gasteiger partial charge >= 0.3 is 0 Å². The number of imidazole rings is 2. The molecule has 0 aliphatic rings. The Morgan fingerprint density at radius 3 is 1.17 bits per heavy atom. The maximum Gasteiger partial charge on any atom is 0.193 e. The number of H-pyrrole nitrogens is 2. The zero-order valence-electron chi connectivity index (χ0n) is 28.3. The molecular weight excluding hydrogens is 637 g/mol. The molecule has 0 aliphatic heterocycles. The SMILES string of the molecule is O=C(c1ccc(-c2nc(C=Cc3ccccc3)[nH]c2-c2ccccc2)cc1)c1ccc(-c2[nH]c(C=Cc3ccccc3)nc2-c2ccccc2)cc1. The van der Waals surface area contributed by atoms with Crippen LogP contribution in [0.3, 0.4) is 0 Å². The molecule has 2 N–H and O–H groups in total. The van der Waals surface area contributed by atoms with Crippen LogP contribution in [0.15, 0.2) is 170 Å². The van der Waals surface area contributed by atoms with Gasteiger partial charge in [-0.25, -0.2) is 9.97 Å². The lowest BCUT2D eigenvalue weighted by molar-refractivity contribution is 0.103. The van der Waals surface area contributed by atoms with Gasteiger partial charge in [0.2, 0.25) is 0 Å². The van der Waals surface area contributed by atoms with Crippen molar-refractivity contribution < 1.29 is 4.79 Å². The normalized spacial score (nSPS) is 11.4. The van der Waals surface area contributed by atoms with Gasteiger partial charge < -0.3 is 9.97 Å². The van der Waals surface area contributed by atoms with E-state index >= 15 is 0 Å². The van der Waals surface area contributed by atoms with Crippen LogP contribution in [0.5, 0.6) is 0 Å². The van der Waals surface area contributed by atoms with Crippen LogP contribution < -0.4 is 0 Å². The summed E-state index contributed by atoms with van der Waals surface area (Å²) in [5, 5.41) is 0. The van der Waals surface area contributed by atoms with Crippen molar-refractivity contribution in [2.24, 2.45) is 0 Å². The fourth-order valence-electron chi connectivity index (χ4n) is 6.19. The predicted molar refractivity (Wildman–Crippen MR) is 213 cm³/mol. The Kier molecular flexibility index (Phi) is 9.13. The molecule has 0 saturated heterocycles. The maximum atomic E-state index is 13.7. The fourth-order valence-corrected chi connectivity index (χ4v) is 6.19.